The number of nitrogens with zero attached hydrogens (tertiary/aromatic N) is 2. The number of para-hydroxylation sites is 1. The van der Waals surface area contributed by atoms with Crippen molar-refractivity contribution >= 4 is 11.6 Å². The van der Waals surface area contributed by atoms with Crippen LogP contribution in [0.15, 0.2) is 42.7 Å². The maximum Gasteiger partial charge on any atom is 0.255 e. The van der Waals surface area contributed by atoms with Gasteiger partial charge in [0, 0.05) is 5.69 Å². The first-order valence-electron chi connectivity index (χ1n) is 4.98. The number of alkyl halides is 1. The number of hydrogen-bond acceptors (Lipinski definition) is 4. The van der Waals surface area contributed by atoms with Gasteiger partial charge in [0.15, 0.2) is 0 Å². The molecule has 96 valence electrons. The van der Waals surface area contributed by atoms with Crippen LogP contribution in [0.4, 0.5) is 10.1 Å². The Morgan fingerprint density at radius 2 is 2.11 bits per heavy atom. The number of carbonyl (C=O) groups excluding carboxylic acids is 1. The molecule has 0 radical (unpaired) electrons. The van der Waals surface area contributed by atoms with Gasteiger partial charge in [-0.05, 0) is 18.2 Å². The number of carbonyl (C=O) groups is 1. The number of aromatic nitrogens is 2. The van der Waals surface area contributed by atoms with Crippen molar-refractivity contribution < 1.29 is 14.0 Å². The second kappa shape index (κ2) is 6.89. The monoisotopic (exact) mass is 252 g/mol. The molecule has 4 N–H and O–H groups in total. The van der Waals surface area contributed by atoms with Crippen LogP contribution in [-0.2, 0) is 0 Å². The Morgan fingerprint density at radius 3 is 2.56 bits per heavy atom. The fourth-order valence-corrected chi connectivity index (χ4v) is 1.10. The molecule has 1 aromatic carbocycles. The minimum atomic E-state index is -0.846. The molecule has 6 nitrogen and oxygen atoms in total. The lowest BCUT2D eigenvalue weighted by Crippen LogP contribution is -2.12. The van der Waals surface area contributed by atoms with Gasteiger partial charge in [-0.15, -0.1) is 9.94 Å². The number of nitrogens with two attached hydrogens (primary N) is 2. The van der Waals surface area contributed by atoms with Crippen LogP contribution < -0.4 is 16.3 Å². The van der Waals surface area contributed by atoms with Gasteiger partial charge in [-0.3, -0.25) is 4.79 Å². The molecular formula is C11H13FN4O2. The zero-order valence-corrected chi connectivity index (χ0v) is 9.49. The lowest BCUT2D eigenvalue weighted by molar-refractivity contribution is 0.0215. The first-order valence-corrected chi connectivity index (χ1v) is 4.98. The van der Waals surface area contributed by atoms with Crippen molar-refractivity contribution in [1.82, 2.24) is 9.94 Å². The average molecular weight is 252 g/mol. The second-order valence-corrected chi connectivity index (χ2v) is 3.10. The number of hydrogen-bond donors (Lipinski definition) is 2. The molecule has 0 bridgehead atoms. The van der Waals surface area contributed by atoms with E-state index in [0.29, 0.717) is 11.3 Å². The van der Waals surface area contributed by atoms with Crippen molar-refractivity contribution in [3.05, 3.63) is 48.3 Å². The van der Waals surface area contributed by atoms with E-state index in [2.05, 4.69) is 9.94 Å². The Bertz CT molecular complexity index is 488. The molecule has 0 spiro atoms. The molecule has 1 aromatic heterocycles. The fraction of sp³-hybridized carbons (Fsp3) is 0.0909. The van der Waals surface area contributed by atoms with Gasteiger partial charge < -0.3 is 16.3 Å². The molecule has 0 saturated carbocycles. The highest BCUT2D eigenvalue weighted by atomic mass is 19.1. The topological polar surface area (TPSA) is 96.2 Å². The summed E-state index contributed by atoms with van der Waals surface area (Å²) in [6.45, 7) is -0.846. The van der Waals surface area contributed by atoms with Crippen molar-refractivity contribution in [2.24, 2.45) is 5.73 Å². The van der Waals surface area contributed by atoms with E-state index in [1.165, 1.54) is 12.4 Å². The van der Waals surface area contributed by atoms with Crippen LogP contribution in [0.3, 0.4) is 0 Å². The molecule has 1 amide bonds. The second-order valence-electron chi connectivity index (χ2n) is 3.10. The summed E-state index contributed by atoms with van der Waals surface area (Å²) < 4.78 is 11.3. The molecular weight excluding hydrogens is 239 g/mol. The molecule has 1 heterocycles. The highest BCUT2D eigenvalue weighted by Crippen LogP contribution is 2.08. The predicted molar refractivity (Wildman–Crippen MR) is 64.2 cm³/mol. The van der Waals surface area contributed by atoms with E-state index < -0.39 is 12.8 Å². The number of amides is 1. The molecule has 0 fully saturated rings. The van der Waals surface area contributed by atoms with Crippen LogP contribution in [0.25, 0.3) is 0 Å². The third-order valence-electron chi connectivity index (χ3n) is 1.89. The Kier molecular flexibility index (Phi) is 5.17. The van der Waals surface area contributed by atoms with Gasteiger partial charge in [-0.25, -0.2) is 4.39 Å². The van der Waals surface area contributed by atoms with Crippen molar-refractivity contribution in [1.29, 1.82) is 0 Å². The summed E-state index contributed by atoms with van der Waals surface area (Å²) in [5, 5.41) is 3.56. The number of benzene rings is 1. The number of nitrogen functional groups attached to an aromatic ring is 1. The van der Waals surface area contributed by atoms with Crippen LogP contribution in [0.5, 0.6) is 0 Å². The molecule has 0 aliphatic rings. The Morgan fingerprint density at radius 1 is 1.39 bits per heavy atom. The Balaban J connectivity index is 0.000000184. The van der Waals surface area contributed by atoms with E-state index in [9.17, 15) is 9.18 Å². The number of primary amides is 1. The van der Waals surface area contributed by atoms with E-state index in [1.54, 1.807) is 30.3 Å². The van der Waals surface area contributed by atoms with E-state index >= 15 is 0 Å². The Hall–Kier alpha value is -2.57. The normalized spacial score (nSPS) is 9.17. The van der Waals surface area contributed by atoms with Gasteiger partial charge >= 0.3 is 0 Å². The van der Waals surface area contributed by atoms with E-state index in [0.717, 1.165) is 4.85 Å². The molecule has 2 aromatic rings. The highest BCUT2D eigenvalue weighted by Gasteiger charge is 2.01. The maximum atomic E-state index is 11.3. The van der Waals surface area contributed by atoms with Crippen molar-refractivity contribution in [3.8, 4) is 0 Å². The lowest BCUT2D eigenvalue weighted by Gasteiger charge is -1.97. The SMILES string of the molecule is FCOn1cccn1.NC(=O)c1ccccc1N. The summed E-state index contributed by atoms with van der Waals surface area (Å²) in [4.78, 5) is 15.9. The van der Waals surface area contributed by atoms with Gasteiger partial charge in [0.05, 0.1) is 18.0 Å². The van der Waals surface area contributed by atoms with Gasteiger partial charge in [0.1, 0.15) is 0 Å². The van der Waals surface area contributed by atoms with Gasteiger partial charge in [-0.2, -0.15) is 0 Å². The lowest BCUT2D eigenvalue weighted by atomic mass is 10.2. The number of halogens is 1. The third kappa shape index (κ3) is 4.12. The minimum absolute atomic E-state index is 0.377. The Labute approximate surface area is 103 Å². The fourth-order valence-electron chi connectivity index (χ4n) is 1.10. The van der Waals surface area contributed by atoms with E-state index in [1.807, 2.05) is 0 Å². The van der Waals surface area contributed by atoms with Crippen LogP contribution >= 0.6 is 0 Å². The first kappa shape index (κ1) is 13.5. The van der Waals surface area contributed by atoms with Gasteiger partial charge in [0.2, 0.25) is 0 Å². The molecule has 0 saturated heterocycles. The largest absolute Gasteiger partial charge is 0.398 e. The van der Waals surface area contributed by atoms with Crippen molar-refractivity contribution in [3.63, 3.8) is 0 Å². The maximum absolute atomic E-state index is 11.3. The van der Waals surface area contributed by atoms with Gasteiger partial charge in [-0.1, -0.05) is 12.1 Å². The quantitative estimate of drug-likeness (QED) is 0.782. The summed E-state index contributed by atoms with van der Waals surface area (Å²) in [5.41, 5.74) is 11.2. The standard InChI is InChI=1S/C7H8N2O.C4H5FN2O/c8-6-4-2-1-3-5(6)7(9)10;5-4-8-7-3-1-2-6-7/h1-4H,8H2,(H2,9,10);1-3H,4H2. The van der Waals surface area contributed by atoms with E-state index in [4.69, 9.17) is 11.5 Å². The van der Waals surface area contributed by atoms with Crippen molar-refractivity contribution in [2.75, 3.05) is 12.6 Å². The van der Waals surface area contributed by atoms with E-state index in [-0.39, 0.29) is 0 Å². The molecule has 0 aliphatic carbocycles. The minimum Gasteiger partial charge on any atom is -0.398 e. The zero-order chi connectivity index (χ0) is 13.4. The highest BCUT2D eigenvalue weighted by molar-refractivity contribution is 5.97. The molecule has 18 heavy (non-hydrogen) atoms. The third-order valence-corrected chi connectivity index (χ3v) is 1.89. The summed E-state index contributed by atoms with van der Waals surface area (Å²) in [7, 11) is 0. The summed E-state index contributed by atoms with van der Waals surface area (Å²) in [6.07, 6.45) is 3.02. The summed E-state index contributed by atoms with van der Waals surface area (Å²) in [5.74, 6) is -0.488. The van der Waals surface area contributed by atoms with Crippen LogP contribution in [0, 0.1) is 0 Å². The molecule has 0 aliphatic heterocycles. The number of rotatable bonds is 3. The zero-order valence-electron chi connectivity index (χ0n) is 9.49. The smallest absolute Gasteiger partial charge is 0.255 e. The average Bonchev–Trinajstić information content (AvgIpc) is 2.83. The van der Waals surface area contributed by atoms with Crippen molar-refractivity contribution in [2.45, 2.75) is 0 Å². The number of anilines is 1. The predicted octanol–water partition coefficient (Wildman–Crippen LogP) is 0.606. The summed E-state index contributed by atoms with van der Waals surface area (Å²) in [6, 6.07) is 8.35. The molecule has 0 atom stereocenters. The molecule has 7 heteroatoms. The first-order chi connectivity index (χ1) is 8.65. The molecule has 0 unspecified atom stereocenters. The summed E-state index contributed by atoms with van der Waals surface area (Å²) >= 11 is 0. The van der Waals surface area contributed by atoms with Crippen LogP contribution in [0.2, 0.25) is 0 Å². The van der Waals surface area contributed by atoms with Crippen LogP contribution in [-0.4, -0.2) is 22.7 Å². The van der Waals surface area contributed by atoms with Crippen LogP contribution in [0.1, 0.15) is 10.4 Å². The van der Waals surface area contributed by atoms with Gasteiger partial charge in [0.25, 0.3) is 12.8 Å². The molecule has 2 rings (SSSR count).